The Hall–Kier alpha value is -5.69. The molecule has 0 spiro atoms. The minimum Gasteiger partial charge on any atom is -0.374 e. The molecule has 6 aliphatic heterocycles. The lowest BCUT2D eigenvalue weighted by Crippen LogP contribution is -2.56. The van der Waals surface area contributed by atoms with Crippen molar-refractivity contribution >= 4 is 46.6 Å². The van der Waals surface area contributed by atoms with Crippen LogP contribution in [0.3, 0.4) is 0 Å². The number of hydrazine groups is 1. The monoisotopic (exact) mass is 798 g/mol. The highest BCUT2D eigenvalue weighted by atomic mass is 19.3. The number of ether oxygens (including phenoxy) is 1. The maximum atomic E-state index is 14.3. The number of nitrogens with one attached hydrogen (secondary N) is 2. The highest BCUT2D eigenvalue weighted by Crippen LogP contribution is 2.35. The van der Waals surface area contributed by atoms with Gasteiger partial charge in [-0.05, 0) is 67.9 Å². The first-order valence-electron chi connectivity index (χ1n) is 20.1. The van der Waals surface area contributed by atoms with Crippen molar-refractivity contribution < 1.29 is 32.7 Å². The van der Waals surface area contributed by atoms with Crippen LogP contribution in [0.4, 0.5) is 30.8 Å². The second-order valence-corrected chi connectivity index (χ2v) is 16.2. The third kappa shape index (κ3) is 6.68. The van der Waals surface area contributed by atoms with Crippen molar-refractivity contribution in [2.75, 3.05) is 67.5 Å². The zero-order valence-corrected chi connectivity index (χ0v) is 31.8. The Bertz CT molecular complexity index is 2280. The molecule has 1 aromatic carbocycles. The van der Waals surface area contributed by atoms with E-state index >= 15 is 0 Å². The molecule has 58 heavy (non-hydrogen) atoms. The van der Waals surface area contributed by atoms with Crippen molar-refractivity contribution in [3.63, 3.8) is 0 Å². The third-order valence-corrected chi connectivity index (χ3v) is 12.6. The summed E-state index contributed by atoms with van der Waals surface area (Å²) < 4.78 is 37.4. The Morgan fingerprint density at radius 1 is 1.00 bits per heavy atom. The lowest BCUT2D eigenvalue weighted by Gasteiger charge is -2.38. The predicted octanol–water partition coefficient (Wildman–Crippen LogP) is 3.46. The summed E-state index contributed by atoms with van der Waals surface area (Å²) in [6, 6.07) is 7.30. The van der Waals surface area contributed by atoms with Crippen LogP contribution in [0.1, 0.15) is 83.0 Å². The standard InChI is InChI=1S/C39H44F2N12O5/c40-35(41)34-31(43-37(55)30-17-42-50-13-7-32(44-36(30)50)49-20-28-16-27(49)22-58-28)21-51(46-34)25-5-9-47(10-6-25)18-23-3-11-48(12-4-23)26-1-2-29-24(15-26)19-53(38(29)56)52-14-8-33(54)45-39(52)57/h1-2,7,13,15,17,21,23,25,27-28,35H,3-6,8-12,14,16,18-20,22H2,(H,43,55)(H,45,54,57)/t27-,28-/m1/s1. The number of alkyl halides is 2. The number of fused-ring (bicyclic) bond motifs is 4. The lowest BCUT2D eigenvalue weighted by atomic mass is 9.94. The smallest absolute Gasteiger partial charge is 0.342 e. The number of rotatable bonds is 9. The predicted molar refractivity (Wildman–Crippen MR) is 204 cm³/mol. The van der Waals surface area contributed by atoms with Gasteiger partial charge < -0.3 is 24.8 Å². The number of morpholine rings is 1. The van der Waals surface area contributed by atoms with E-state index in [1.54, 1.807) is 10.9 Å². The van der Waals surface area contributed by atoms with Gasteiger partial charge in [-0.1, -0.05) is 0 Å². The van der Waals surface area contributed by atoms with Gasteiger partial charge in [0.25, 0.3) is 18.2 Å². The van der Waals surface area contributed by atoms with E-state index in [0.29, 0.717) is 23.7 Å². The first kappa shape index (κ1) is 36.6. The van der Waals surface area contributed by atoms with E-state index < -0.39 is 24.1 Å². The summed E-state index contributed by atoms with van der Waals surface area (Å²) in [7, 11) is 0. The molecule has 0 saturated carbocycles. The summed E-state index contributed by atoms with van der Waals surface area (Å²) in [6.07, 6.45) is 6.63. The van der Waals surface area contributed by atoms with Crippen molar-refractivity contribution in [1.82, 2.24) is 44.6 Å². The second-order valence-electron chi connectivity index (χ2n) is 16.2. The van der Waals surface area contributed by atoms with Gasteiger partial charge in [0.2, 0.25) is 5.91 Å². The Balaban J connectivity index is 0.725. The minimum absolute atomic E-state index is 0.0157. The maximum absolute atomic E-state index is 14.3. The van der Waals surface area contributed by atoms with E-state index in [2.05, 4.69) is 35.5 Å². The van der Waals surface area contributed by atoms with Gasteiger partial charge in [-0.3, -0.25) is 24.4 Å². The van der Waals surface area contributed by atoms with Crippen LogP contribution < -0.4 is 20.4 Å². The number of carbonyl (C=O) groups excluding carboxylic acids is 4. The second kappa shape index (κ2) is 14.6. The van der Waals surface area contributed by atoms with Crippen molar-refractivity contribution in [3.8, 4) is 0 Å². The lowest BCUT2D eigenvalue weighted by molar-refractivity contribution is -0.123. The molecule has 0 radical (unpaired) electrons. The number of hydrogen-bond donors (Lipinski definition) is 2. The number of urea groups is 1. The number of carbonyl (C=O) groups is 4. The van der Waals surface area contributed by atoms with Crippen molar-refractivity contribution in [2.45, 2.75) is 69.7 Å². The van der Waals surface area contributed by atoms with Crippen LogP contribution in [0, 0.1) is 5.92 Å². The van der Waals surface area contributed by atoms with Crippen LogP contribution in [0.2, 0.25) is 0 Å². The van der Waals surface area contributed by atoms with Gasteiger partial charge in [0.1, 0.15) is 11.4 Å². The van der Waals surface area contributed by atoms with Crippen molar-refractivity contribution in [3.05, 3.63) is 65.2 Å². The molecule has 19 heteroatoms. The quantitative estimate of drug-likeness (QED) is 0.255. The van der Waals surface area contributed by atoms with Crippen LogP contribution >= 0.6 is 0 Å². The zero-order valence-electron chi connectivity index (χ0n) is 31.8. The Morgan fingerprint density at radius 2 is 1.83 bits per heavy atom. The molecule has 0 unspecified atom stereocenters. The maximum Gasteiger partial charge on any atom is 0.342 e. The summed E-state index contributed by atoms with van der Waals surface area (Å²) in [5, 5.41) is 16.3. The van der Waals surface area contributed by atoms with E-state index in [9.17, 15) is 28.0 Å². The van der Waals surface area contributed by atoms with Gasteiger partial charge in [-0.2, -0.15) is 10.2 Å². The number of likely N-dealkylation sites (tertiary alicyclic amines) is 1. The summed E-state index contributed by atoms with van der Waals surface area (Å²) in [5.74, 6) is 0.0871. The average Bonchev–Trinajstić information content (AvgIpc) is 4.08. The Morgan fingerprint density at radius 3 is 2.57 bits per heavy atom. The fourth-order valence-corrected chi connectivity index (χ4v) is 9.47. The first-order valence-corrected chi connectivity index (χ1v) is 20.1. The molecule has 5 amide bonds. The highest BCUT2D eigenvalue weighted by molar-refractivity contribution is 6.08. The molecule has 0 aliphatic carbocycles. The minimum atomic E-state index is -2.87. The first-order chi connectivity index (χ1) is 28.1. The topological polar surface area (TPSA) is 166 Å². The summed E-state index contributed by atoms with van der Waals surface area (Å²) >= 11 is 0. The number of hydrogen-bond acceptors (Lipinski definition) is 11. The molecule has 17 nitrogen and oxygen atoms in total. The average molecular weight is 799 g/mol. The normalized spacial score (nSPS) is 23.2. The highest BCUT2D eigenvalue weighted by Gasteiger charge is 2.40. The van der Waals surface area contributed by atoms with E-state index in [-0.39, 0.29) is 60.8 Å². The SMILES string of the molecule is O=C1CCN(N2Cc3cc(N4CCC(CN5CCC(n6cc(NC(=O)c7cnn8ccc(N9C[C@H]%10C[C@@H]9CO%10)nc78)c(C(F)F)n6)CC5)CC4)ccc3C2=O)C(=O)N1. The number of halogens is 2. The van der Waals surface area contributed by atoms with Gasteiger partial charge >= 0.3 is 6.03 Å². The van der Waals surface area contributed by atoms with Gasteiger partial charge in [-0.25, -0.2) is 33.1 Å². The number of nitrogens with zero attached hydrogens (tertiary/aromatic N) is 10. The Labute approximate surface area is 331 Å². The molecule has 4 aromatic rings. The van der Waals surface area contributed by atoms with Gasteiger partial charge in [0.15, 0.2) is 11.3 Å². The van der Waals surface area contributed by atoms with Crippen LogP contribution in [0.15, 0.2) is 42.9 Å². The molecule has 2 N–H and O–H groups in total. The molecule has 10 rings (SSSR count). The molecule has 304 valence electrons. The molecular weight excluding hydrogens is 755 g/mol. The number of aromatic nitrogens is 5. The zero-order chi connectivity index (χ0) is 39.7. The number of imide groups is 1. The molecular formula is C39H44F2N12O5. The third-order valence-electron chi connectivity index (χ3n) is 12.6. The molecule has 9 heterocycles. The summed E-state index contributed by atoms with van der Waals surface area (Å²) in [6.45, 7) is 6.19. The van der Waals surface area contributed by atoms with E-state index in [1.165, 1.54) is 26.9 Å². The van der Waals surface area contributed by atoms with Crippen molar-refractivity contribution in [2.24, 2.45) is 5.92 Å². The molecule has 6 aliphatic rings. The number of benzene rings is 1. The largest absolute Gasteiger partial charge is 0.374 e. The number of amides is 5. The fourth-order valence-electron chi connectivity index (χ4n) is 9.47. The van der Waals surface area contributed by atoms with Gasteiger partial charge in [0.05, 0.1) is 49.8 Å². The van der Waals surface area contributed by atoms with E-state index in [0.717, 1.165) is 88.4 Å². The number of piperidine rings is 2. The van der Waals surface area contributed by atoms with Crippen LogP contribution in [0.25, 0.3) is 5.65 Å². The fraction of sp³-hybridized carbons (Fsp3) is 0.513. The van der Waals surface area contributed by atoms with Crippen LogP contribution in [-0.2, 0) is 16.1 Å². The van der Waals surface area contributed by atoms with Crippen LogP contribution in [-0.4, -0.2) is 128 Å². The Kier molecular flexibility index (Phi) is 9.22. The number of anilines is 3. The van der Waals surface area contributed by atoms with E-state index in [1.807, 2.05) is 24.3 Å². The molecule has 5 fully saturated rings. The molecule has 5 saturated heterocycles. The van der Waals surface area contributed by atoms with Gasteiger partial charge in [0, 0.05) is 69.3 Å². The van der Waals surface area contributed by atoms with E-state index in [4.69, 9.17) is 9.72 Å². The molecule has 2 atom stereocenters. The van der Waals surface area contributed by atoms with Gasteiger partial charge in [-0.15, -0.1) is 0 Å². The molecule has 2 bridgehead atoms. The van der Waals surface area contributed by atoms with Crippen molar-refractivity contribution in [1.29, 1.82) is 0 Å². The summed E-state index contributed by atoms with van der Waals surface area (Å²) in [5.41, 5.74) is 2.55. The molecule has 3 aromatic heterocycles. The van der Waals surface area contributed by atoms with Crippen LogP contribution in [0.5, 0.6) is 0 Å². The summed E-state index contributed by atoms with van der Waals surface area (Å²) in [4.78, 5) is 62.3.